The van der Waals surface area contributed by atoms with E-state index in [1.807, 2.05) is 54.5 Å². The van der Waals surface area contributed by atoms with E-state index in [0.29, 0.717) is 56.3 Å². The zero-order valence-corrected chi connectivity index (χ0v) is 61.2. The first-order chi connectivity index (χ1) is 46.5. The van der Waals surface area contributed by atoms with Gasteiger partial charge in [-0.15, -0.1) is 0 Å². The summed E-state index contributed by atoms with van der Waals surface area (Å²) in [6, 6.07) is 6.15. The van der Waals surface area contributed by atoms with E-state index in [1.54, 1.807) is 66.4 Å². The lowest BCUT2D eigenvalue weighted by molar-refractivity contribution is -0.150. The maximum absolute atomic E-state index is 15.1. The number of benzene rings is 2. The van der Waals surface area contributed by atoms with Gasteiger partial charge in [0.15, 0.2) is 0 Å². The summed E-state index contributed by atoms with van der Waals surface area (Å²) >= 11 is 0. The minimum atomic E-state index is -1.44. The predicted molar refractivity (Wildman–Crippen MR) is 374 cm³/mol. The number of rotatable bonds is 36. The number of amides is 13. The SMILES string of the molecule is CC[C@H](C)[C@@H](C(=O)NCC(=O)N(C)[C@@H](CC(C)C)C(=O)N[C@@H](CC(C)C)C(=O)N[C@@H](CC(=O)N(C)[C@@H](C)C(=O)N[C@H](CC(C)C)C(=O)N(C)[C@@H](C)C(N)=O)C(=O)N1CCCCC1)N(C)C(=O)[C@H](Cc1ccccc1)NC(=O)[C@H](Cc1ccccc1)N(C)C(=O)[C@@H]1CCCN1C(=O)[C@@H](C)O. The Morgan fingerprint density at radius 2 is 1.01 bits per heavy atom. The van der Waals surface area contributed by atoms with Gasteiger partial charge in [-0.2, -0.15) is 0 Å². The monoisotopic (exact) mass is 1380 g/mol. The topological polar surface area (TPSA) is 351 Å². The van der Waals surface area contributed by atoms with E-state index in [4.69, 9.17) is 5.73 Å². The molecule has 0 spiro atoms. The molecule has 99 heavy (non-hydrogen) atoms. The molecule has 0 radical (unpaired) electrons. The zero-order chi connectivity index (χ0) is 74.3. The maximum Gasteiger partial charge on any atom is 0.251 e. The molecule has 27 nitrogen and oxygen atoms in total. The first-order valence-electron chi connectivity index (χ1n) is 35.0. The second-order valence-corrected chi connectivity index (χ2v) is 28.2. The fraction of sp³-hybridized carbons (Fsp3) is 0.653. The average molecular weight is 1380 g/mol. The van der Waals surface area contributed by atoms with Crippen molar-refractivity contribution in [2.75, 3.05) is 61.4 Å². The molecule has 550 valence electrons. The Morgan fingerprint density at radius 1 is 0.505 bits per heavy atom. The van der Waals surface area contributed by atoms with Gasteiger partial charge in [0.25, 0.3) is 5.91 Å². The number of nitrogens with one attached hydrogen (secondary N) is 5. The van der Waals surface area contributed by atoms with Crippen LogP contribution in [-0.2, 0) is 75.2 Å². The summed E-state index contributed by atoms with van der Waals surface area (Å²) in [7, 11) is 7.07. The number of likely N-dealkylation sites (N-methyl/N-ethyl adjacent to an activating group) is 5. The largest absolute Gasteiger partial charge is 0.384 e. The number of nitrogens with zero attached hydrogens (tertiary/aromatic N) is 7. The van der Waals surface area contributed by atoms with Crippen molar-refractivity contribution in [3.05, 3.63) is 71.8 Å². The second-order valence-electron chi connectivity index (χ2n) is 28.2. The van der Waals surface area contributed by atoms with Crippen molar-refractivity contribution >= 4 is 76.8 Å². The third-order valence-corrected chi connectivity index (χ3v) is 19.0. The molecule has 27 heteroatoms. The molecule has 8 N–H and O–H groups in total. The van der Waals surface area contributed by atoms with E-state index >= 15 is 4.79 Å². The summed E-state index contributed by atoms with van der Waals surface area (Å²) in [6.45, 7) is 19.3. The number of carbonyl (C=O) groups excluding carboxylic acids is 13. The van der Waals surface area contributed by atoms with E-state index in [9.17, 15) is 62.6 Å². The molecule has 4 rings (SSSR count). The molecule has 2 heterocycles. The molecule has 0 unspecified atom stereocenters. The van der Waals surface area contributed by atoms with Crippen molar-refractivity contribution in [2.45, 2.75) is 220 Å². The van der Waals surface area contributed by atoms with E-state index < -0.39 is 162 Å². The molecular formula is C72H113N13O14. The van der Waals surface area contributed by atoms with E-state index in [-0.39, 0.29) is 56.4 Å². The Hall–Kier alpha value is -8.49. The summed E-state index contributed by atoms with van der Waals surface area (Å²) in [6.07, 6.45) is 1.92. The number of hydrogen-bond acceptors (Lipinski definition) is 14. The van der Waals surface area contributed by atoms with Gasteiger partial charge in [0.05, 0.1) is 13.0 Å². The summed E-state index contributed by atoms with van der Waals surface area (Å²) in [5.74, 6) is -9.53. The van der Waals surface area contributed by atoms with Crippen LogP contribution in [0.5, 0.6) is 0 Å². The van der Waals surface area contributed by atoms with Crippen molar-refractivity contribution in [3.8, 4) is 0 Å². The third-order valence-electron chi connectivity index (χ3n) is 19.0. The number of likely N-dealkylation sites (tertiary alicyclic amines) is 2. The molecule has 2 aromatic carbocycles. The van der Waals surface area contributed by atoms with E-state index in [2.05, 4.69) is 26.6 Å². The van der Waals surface area contributed by atoms with Gasteiger partial charge in [-0.25, -0.2) is 0 Å². The minimum Gasteiger partial charge on any atom is -0.384 e. The van der Waals surface area contributed by atoms with Crippen LogP contribution in [0, 0.1) is 23.7 Å². The van der Waals surface area contributed by atoms with Gasteiger partial charge in [0.2, 0.25) is 70.9 Å². The zero-order valence-electron chi connectivity index (χ0n) is 61.2. The Bertz CT molecular complexity index is 3090. The van der Waals surface area contributed by atoms with Crippen LogP contribution in [-0.4, -0.2) is 244 Å². The molecule has 0 aromatic heterocycles. The van der Waals surface area contributed by atoms with Gasteiger partial charge in [0, 0.05) is 67.7 Å². The first-order valence-corrected chi connectivity index (χ1v) is 35.0. The lowest BCUT2D eigenvalue weighted by Crippen LogP contribution is -2.60. The number of aliphatic hydroxyl groups excluding tert-OH is 1. The number of primary amides is 1. The highest BCUT2D eigenvalue weighted by Gasteiger charge is 2.43. The standard InChI is InChI=1S/C72H113N13O14/c1-17-46(8)61(83(16)70(97)54(39-50-28-21-18-22-29-50)78-66(93)58(40-51-30-23-19-24-31-51)82(15)72(99)56-32-27-35-85(56)68(95)49(11)86)67(94)74-42-60(88)81(14)57(38-45(6)7)65(92)75-52(36-43(2)3)64(91)77-55(71(98)84-33-25-20-26-34-84)41-59(87)79(12)48(10)63(90)76-53(37-44(4)5)69(96)80(13)47(9)62(73)89/h18-19,21-24,28-31,43-49,52-58,61,86H,17,20,25-27,32-42H2,1-16H3,(H2,73,89)(H,74,94)(H,75,92)(H,76,90)(H,77,91)(H,78,93)/t46-,47-,48-,49+,52-,53+,54-,55-,56-,57-,58-,61-/m0/s1. The summed E-state index contributed by atoms with van der Waals surface area (Å²) in [5, 5.41) is 24.1. The van der Waals surface area contributed by atoms with Gasteiger partial charge >= 0.3 is 0 Å². The Balaban J connectivity index is 1.57. The lowest BCUT2D eigenvalue weighted by Gasteiger charge is -2.36. The van der Waals surface area contributed by atoms with E-state index in [0.717, 1.165) is 16.2 Å². The number of carbonyl (C=O) groups is 13. The van der Waals surface area contributed by atoms with Gasteiger partial charge in [0.1, 0.15) is 66.5 Å². The molecule has 2 fully saturated rings. The number of aliphatic hydroxyl groups is 1. The molecule has 0 aliphatic carbocycles. The number of nitrogens with two attached hydrogens (primary N) is 1. The quantitative estimate of drug-likeness (QED) is 0.0514. The maximum atomic E-state index is 15.1. The Morgan fingerprint density at radius 3 is 1.55 bits per heavy atom. The second kappa shape index (κ2) is 39.3. The molecule has 12 atom stereocenters. The van der Waals surface area contributed by atoms with Gasteiger partial charge in [-0.3, -0.25) is 62.3 Å². The Kier molecular flexibility index (Phi) is 33.0. The smallest absolute Gasteiger partial charge is 0.251 e. The molecule has 2 aromatic rings. The fourth-order valence-electron chi connectivity index (χ4n) is 12.5. The van der Waals surface area contributed by atoms with E-state index in [1.165, 1.54) is 75.6 Å². The molecule has 13 amide bonds. The van der Waals surface area contributed by atoms with Crippen LogP contribution in [0.3, 0.4) is 0 Å². The molecule has 2 saturated heterocycles. The minimum absolute atomic E-state index is 0.0237. The number of hydrogen-bond donors (Lipinski definition) is 7. The fourth-order valence-corrected chi connectivity index (χ4v) is 12.5. The molecule has 0 bridgehead atoms. The molecule has 0 saturated carbocycles. The Labute approximate surface area is 585 Å². The highest BCUT2D eigenvalue weighted by Crippen LogP contribution is 2.24. The van der Waals surface area contributed by atoms with Crippen molar-refractivity contribution in [3.63, 3.8) is 0 Å². The molecule has 2 aliphatic rings. The lowest BCUT2D eigenvalue weighted by atomic mass is 9.95. The summed E-state index contributed by atoms with van der Waals surface area (Å²) < 4.78 is 0. The van der Waals surface area contributed by atoms with Gasteiger partial charge < -0.3 is 71.7 Å². The predicted octanol–water partition coefficient (Wildman–Crippen LogP) is 2.15. The molecule has 2 aliphatic heterocycles. The first kappa shape index (κ1) is 82.9. The van der Waals surface area contributed by atoms with Crippen LogP contribution in [0.25, 0.3) is 0 Å². The van der Waals surface area contributed by atoms with Crippen LogP contribution < -0.4 is 32.3 Å². The van der Waals surface area contributed by atoms with Crippen LogP contribution in [0.4, 0.5) is 0 Å². The average Bonchev–Trinajstić information content (AvgIpc) is 1.80. The van der Waals surface area contributed by atoms with Crippen molar-refractivity contribution in [2.24, 2.45) is 29.4 Å². The third kappa shape index (κ3) is 24.1. The van der Waals surface area contributed by atoms with Gasteiger partial charge in [-0.05, 0) is 107 Å². The molecular weight excluding hydrogens is 1270 g/mol. The highest BCUT2D eigenvalue weighted by atomic mass is 16.3. The van der Waals surface area contributed by atoms with Gasteiger partial charge in [-0.1, -0.05) is 122 Å². The number of piperidine rings is 1. The normalized spacial score (nSPS) is 17.2. The summed E-state index contributed by atoms with van der Waals surface area (Å²) in [4.78, 5) is 193. The van der Waals surface area contributed by atoms with Crippen LogP contribution in [0.2, 0.25) is 0 Å². The van der Waals surface area contributed by atoms with Crippen LogP contribution in [0.15, 0.2) is 60.7 Å². The van der Waals surface area contributed by atoms with Crippen molar-refractivity contribution in [1.29, 1.82) is 0 Å². The van der Waals surface area contributed by atoms with Crippen molar-refractivity contribution in [1.82, 2.24) is 60.9 Å². The van der Waals surface area contributed by atoms with Crippen LogP contribution in [0.1, 0.15) is 151 Å². The summed E-state index contributed by atoms with van der Waals surface area (Å²) in [5.41, 5.74) is 6.85. The van der Waals surface area contributed by atoms with Crippen molar-refractivity contribution < 1.29 is 67.4 Å². The van der Waals surface area contributed by atoms with Crippen LogP contribution >= 0.6 is 0 Å². The highest BCUT2D eigenvalue weighted by molar-refractivity contribution is 5.99.